The quantitative estimate of drug-likeness (QED) is 0.558. The molecule has 1 aliphatic heterocycles. The molecule has 0 saturated carbocycles. The average Bonchev–Trinajstić information content (AvgIpc) is 2.58. The van der Waals surface area contributed by atoms with Gasteiger partial charge in [0.15, 0.2) is 17.1 Å². The van der Waals surface area contributed by atoms with Crippen LogP contribution in [0.5, 0.6) is 0 Å². The van der Waals surface area contributed by atoms with E-state index in [2.05, 4.69) is 6.58 Å². The van der Waals surface area contributed by atoms with Crippen LogP contribution in [-0.2, 0) is 13.7 Å². The normalized spacial score (nSPS) is 32.6. The summed E-state index contributed by atoms with van der Waals surface area (Å²) in [6, 6.07) is 0. The topological polar surface area (TPSA) is 35.5 Å². The van der Waals surface area contributed by atoms with Crippen molar-refractivity contribution in [3.8, 4) is 0 Å². The van der Waals surface area contributed by atoms with Gasteiger partial charge in [0.2, 0.25) is 0 Å². The molecule has 2 unspecified atom stereocenters. The van der Waals surface area contributed by atoms with Crippen LogP contribution in [0.3, 0.4) is 0 Å². The Labute approximate surface area is 99.4 Å². The summed E-state index contributed by atoms with van der Waals surface area (Å²) < 4.78 is 11.0. The monoisotopic (exact) mass is 238 g/mol. The van der Waals surface area contributed by atoms with Crippen molar-refractivity contribution in [2.75, 3.05) is 7.11 Å². The molecular formula is C12H14O3S. The minimum atomic E-state index is -0.586. The van der Waals surface area contributed by atoms with Crippen LogP contribution >= 0.6 is 12.0 Å². The molecule has 0 amide bonds. The van der Waals surface area contributed by atoms with Crippen LogP contribution in [0.1, 0.15) is 13.3 Å². The largest absolute Gasteiger partial charge is 0.426 e. The number of methoxy groups -OCH3 is 1. The number of ketones is 1. The summed E-state index contributed by atoms with van der Waals surface area (Å²) in [5, 5.41) is 0.136. The number of fused-ring (bicyclic) bond motifs is 1. The van der Waals surface area contributed by atoms with Crippen LogP contribution in [-0.4, -0.2) is 23.7 Å². The molecule has 2 rings (SSSR count). The van der Waals surface area contributed by atoms with Crippen LogP contribution in [0.2, 0.25) is 0 Å². The van der Waals surface area contributed by atoms with E-state index in [4.69, 9.17) is 8.92 Å². The lowest BCUT2D eigenvalue weighted by atomic mass is 9.86. The van der Waals surface area contributed by atoms with E-state index >= 15 is 0 Å². The fourth-order valence-corrected chi connectivity index (χ4v) is 2.82. The summed E-state index contributed by atoms with van der Waals surface area (Å²) in [6.07, 6.45) is 5.68. The van der Waals surface area contributed by atoms with Gasteiger partial charge in [-0.15, -0.1) is 6.58 Å². The maximum atomic E-state index is 11.8. The van der Waals surface area contributed by atoms with Crippen molar-refractivity contribution in [2.45, 2.75) is 24.2 Å². The molecule has 16 heavy (non-hydrogen) atoms. The van der Waals surface area contributed by atoms with Crippen molar-refractivity contribution in [2.24, 2.45) is 0 Å². The molecule has 2 atom stereocenters. The highest BCUT2D eigenvalue weighted by Gasteiger charge is 2.49. The molecule has 0 aromatic heterocycles. The standard InChI is InChI=1S/C12H14O3S/c1-4-5-9-7-12(14-3)8(2)16-15-11(12)6-10(9)13/h4,6-8H,1,5H2,2-3H3. The minimum Gasteiger partial charge on any atom is -0.426 e. The smallest absolute Gasteiger partial charge is 0.185 e. The molecule has 3 nitrogen and oxygen atoms in total. The van der Waals surface area contributed by atoms with Gasteiger partial charge in [-0.25, -0.2) is 0 Å². The molecule has 0 spiro atoms. The number of allylic oxidation sites excluding steroid dienone is 3. The zero-order chi connectivity index (χ0) is 11.8. The Balaban J connectivity index is 2.44. The van der Waals surface area contributed by atoms with Crippen molar-refractivity contribution in [1.82, 2.24) is 0 Å². The first-order chi connectivity index (χ1) is 7.64. The first-order valence-corrected chi connectivity index (χ1v) is 5.92. The molecule has 1 aliphatic carbocycles. The van der Waals surface area contributed by atoms with E-state index in [1.54, 1.807) is 13.2 Å². The summed E-state index contributed by atoms with van der Waals surface area (Å²) in [6.45, 7) is 5.67. The second-order valence-corrected chi connectivity index (χ2v) is 4.92. The Morgan fingerprint density at radius 3 is 3.12 bits per heavy atom. The van der Waals surface area contributed by atoms with Crippen LogP contribution in [0.4, 0.5) is 0 Å². The summed E-state index contributed by atoms with van der Waals surface area (Å²) >= 11 is 1.33. The van der Waals surface area contributed by atoms with E-state index in [0.29, 0.717) is 12.2 Å². The van der Waals surface area contributed by atoms with Gasteiger partial charge in [0, 0.05) is 18.8 Å². The van der Waals surface area contributed by atoms with Gasteiger partial charge in [-0.2, -0.15) is 0 Å². The van der Waals surface area contributed by atoms with E-state index in [1.807, 2.05) is 13.0 Å². The predicted molar refractivity (Wildman–Crippen MR) is 63.9 cm³/mol. The number of ether oxygens (including phenoxy) is 1. The van der Waals surface area contributed by atoms with Gasteiger partial charge in [0.1, 0.15) is 0 Å². The summed E-state index contributed by atoms with van der Waals surface area (Å²) in [4.78, 5) is 11.8. The lowest BCUT2D eigenvalue weighted by Gasteiger charge is -2.29. The molecule has 0 N–H and O–H groups in total. The Morgan fingerprint density at radius 2 is 2.50 bits per heavy atom. The number of hydrogen-bond acceptors (Lipinski definition) is 4. The van der Waals surface area contributed by atoms with Gasteiger partial charge in [0.25, 0.3) is 0 Å². The van der Waals surface area contributed by atoms with Gasteiger partial charge in [-0.05, 0) is 19.4 Å². The molecule has 1 heterocycles. The Bertz CT molecular complexity index is 397. The van der Waals surface area contributed by atoms with Crippen LogP contribution in [0.25, 0.3) is 0 Å². The first kappa shape index (κ1) is 11.5. The van der Waals surface area contributed by atoms with E-state index in [1.165, 1.54) is 18.1 Å². The zero-order valence-electron chi connectivity index (χ0n) is 9.36. The van der Waals surface area contributed by atoms with Gasteiger partial charge in [-0.1, -0.05) is 6.08 Å². The predicted octanol–water partition coefficient (Wildman–Crippen LogP) is 2.41. The van der Waals surface area contributed by atoms with Crippen molar-refractivity contribution < 1.29 is 13.7 Å². The molecule has 2 aliphatic rings. The summed E-state index contributed by atoms with van der Waals surface area (Å²) in [7, 11) is 1.64. The third-order valence-corrected chi connectivity index (χ3v) is 3.86. The first-order valence-electron chi connectivity index (χ1n) is 5.11. The van der Waals surface area contributed by atoms with Gasteiger partial charge >= 0.3 is 0 Å². The van der Waals surface area contributed by atoms with Crippen LogP contribution in [0, 0.1) is 0 Å². The Kier molecular flexibility index (Phi) is 2.95. The van der Waals surface area contributed by atoms with Crippen LogP contribution in [0.15, 0.2) is 36.1 Å². The molecule has 86 valence electrons. The molecular weight excluding hydrogens is 224 g/mol. The Morgan fingerprint density at radius 1 is 1.75 bits per heavy atom. The fraction of sp³-hybridized carbons (Fsp3) is 0.417. The zero-order valence-corrected chi connectivity index (χ0v) is 10.2. The highest BCUT2D eigenvalue weighted by atomic mass is 32.2. The van der Waals surface area contributed by atoms with Gasteiger partial charge in [-0.3, -0.25) is 4.79 Å². The van der Waals surface area contributed by atoms with E-state index in [-0.39, 0.29) is 11.0 Å². The third-order valence-electron chi connectivity index (χ3n) is 2.94. The van der Waals surface area contributed by atoms with Crippen molar-refractivity contribution >= 4 is 17.8 Å². The lowest BCUT2D eigenvalue weighted by molar-refractivity contribution is -0.112. The number of carbonyl (C=O) groups excluding carboxylic acids is 1. The third kappa shape index (κ3) is 1.53. The number of hydrogen-bond donors (Lipinski definition) is 0. The second-order valence-electron chi connectivity index (χ2n) is 3.85. The maximum Gasteiger partial charge on any atom is 0.185 e. The summed E-state index contributed by atoms with van der Waals surface area (Å²) in [5.74, 6) is 0.586. The van der Waals surface area contributed by atoms with E-state index < -0.39 is 5.60 Å². The minimum absolute atomic E-state index is 0.0164. The van der Waals surface area contributed by atoms with Gasteiger partial charge in [0.05, 0.1) is 17.3 Å². The summed E-state index contributed by atoms with van der Waals surface area (Å²) in [5.41, 5.74) is 0.134. The van der Waals surface area contributed by atoms with Crippen LogP contribution < -0.4 is 0 Å². The molecule has 4 heteroatoms. The second kappa shape index (κ2) is 4.11. The molecule has 0 bridgehead atoms. The van der Waals surface area contributed by atoms with Gasteiger partial charge < -0.3 is 8.92 Å². The van der Waals surface area contributed by atoms with Crippen molar-refractivity contribution in [3.63, 3.8) is 0 Å². The van der Waals surface area contributed by atoms with Crippen molar-refractivity contribution in [3.05, 3.63) is 36.1 Å². The highest BCUT2D eigenvalue weighted by molar-refractivity contribution is 7.95. The molecule has 1 saturated heterocycles. The van der Waals surface area contributed by atoms with E-state index in [9.17, 15) is 4.79 Å². The van der Waals surface area contributed by atoms with Crippen molar-refractivity contribution in [1.29, 1.82) is 0 Å². The average molecular weight is 238 g/mol. The van der Waals surface area contributed by atoms with E-state index in [0.717, 1.165) is 5.57 Å². The molecule has 0 aromatic carbocycles. The molecule has 1 fully saturated rings. The SMILES string of the molecule is C=CCC1=CC2(OC)C(=CC1=O)OSC2C. The molecule has 0 radical (unpaired) electrons. The Hall–Kier alpha value is -1.00. The molecule has 0 aromatic rings. The number of rotatable bonds is 3. The lowest BCUT2D eigenvalue weighted by Crippen LogP contribution is -2.39. The fourth-order valence-electron chi connectivity index (χ4n) is 1.97. The maximum absolute atomic E-state index is 11.8. The highest BCUT2D eigenvalue weighted by Crippen LogP contribution is 2.47. The number of carbonyl (C=O) groups is 1.